The van der Waals surface area contributed by atoms with Crippen LogP contribution in [0.25, 0.3) is 0 Å². The molecule has 0 saturated carbocycles. The molecule has 0 amide bonds. The number of rotatable bonds is 4. The predicted molar refractivity (Wildman–Crippen MR) is 74.7 cm³/mol. The molecule has 7 heteroatoms. The summed E-state index contributed by atoms with van der Waals surface area (Å²) in [4.78, 5) is 10.6. The Morgan fingerprint density at radius 3 is 2.67 bits per heavy atom. The van der Waals surface area contributed by atoms with Crippen molar-refractivity contribution in [2.45, 2.75) is 6.54 Å². The van der Waals surface area contributed by atoms with E-state index in [4.69, 9.17) is 9.47 Å². The molecule has 21 heavy (non-hydrogen) atoms. The summed E-state index contributed by atoms with van der Waals surface area (Å²) in [6.07, 6.45) is 0. The molecule has 1 aliphatic heterocycles. The van der Waals surface area contributed by atoms with Crippen LogP contribution in [0.1, 0.15) is 5.56 Å². The average molecular weight is 288 g/mol. The van der Waals surface area contributed by atoms with Gasteiger partial charge in [0.05, 0.1) is 11.0 Å². The number of para-hydroxylation sites is 1. The second kappa shape index (κ2) is 5.20. The van der Waals surface area contributed by atoms with Crippen LogP contribution >= 0.6 is 0 Å². The number of benzene rings is 2. The van der Waals surface area contributed by atoms with E-state index < -0.39 is 4.92 Å². The lowest BCUT2D eigenvalue weighted by Gasteiger charge is -2.09. The van der Waals surface area contributed by atoms with E-state index in [0.29, 0.717) is 22.7 Å². The SMILES string of the molecule is O=[N+]([O-])c1cc2c(cc1NCc1ccccc1O)OCO2. The zero-order chi connectivity index (χ0) is 14.8. The topological polar surface area (TPSA) is 93.9 Å². The van der Waals surface area contributed by atoms with Gasteiger partial charge in [0.2, 0.25) is 6.79 Å². The summed E-state index contributed by atoms with van der Waals surface area (Å²) in [5.74, 6) is 0.948. The fourth-order valence-electron chi connectivity index (χ4n) is 2.07. The van der Waals surface area contributed by atoms with Crippen LogP contribution in [-0.2, 0) is 6.54 Å². The third kappa shape index (κ3) is 2.53. The van der Waals surface area contributed by atoms with Crippen LogP contribution in [0.3, 0.4) is 0 Å². The minimum atomic E-state index is -0.491. The molecule has 108 valence electrons. The predicted octanol–water partition coefficient (Wildman–Crippen LogP) is 2.64. The number of nitro benzene ring substituents is 1. The smallest absolute Gasteiger partial charge is 0.296 e. The van der Waals surface area contributed by atoms with Gasteiger partial charge >= 0.3 is 0 Å². The standard InChI is InChI=1S/C14H12N2O5/c17-12-4-2-1-3-9(12)7-15-10-5-13-14(21-8-20-13)6-11(10)16(18)19/h1-6,15,17H,7-8H2. The van der Waals surface area contributed by atoms with Crippen LogP contribution in [-0.4, -0.2) is 16.8 Å². The highest BCUT2D eigenvalue weighted by Crippen LogP contribution is 2.40. The Balaban J connectivity index is 1.88. The summed E-state index contributed by atoms with van der Waals surface area (Å²) in [6, 6.07) is 9.65. The van der Waals surface area contributed by atoms with Crippen LogP contribution < -0.4 is 14.8 Å². The van der Waals surface area contributed by atoms with E-state index in [0.717, 1.165) is 0 Å². The number of nitro groups is 1. The highest BCUT2D eigenvalue weighted by atomic mass is 16.7. The number of fused-ring (bicyclic) bond motifs is 1. The van der Waals surface area contributed by atoms with Crippen LogP contribution in [0.15, 0.2) is 36.4 Å². The van der Waals surface area contributed by atoms with Gasteiger partial charge in [-0.15, -0.1) is 0 Å². The maximum absolute atomic E-state index is 11.1. The lowest BCUT2D eigenvalue weighted by molar-refractivity contribution is -0.384. The first-order valence-electron chi connectivity index (χ1n) is 6.24. The third-order valence-electron chi connectivity index (χ3n) is 3.15. The molecule has 0 unspecified atom stereocenters. The van der Waals surface area contributed by atoms with Gasteiger partial charge in [-0.05, 0) is 6.07 Å². The molecule has 0 saturated heterocycles. The number of aromatic hydroxyl groups is 1. The average Bonchev–Trinajstić information content (AvgIpc) is 2.92. The molecule has 0 spiro atoms. The van der Waals surface area contributed by atoms with Crippen molar-refractivity contribution < 1.29 is 19.5 Å². The van der Waals surface area contributed by atoms with Crippen LogP contribution in [0.5, 0.6) is 17.2 Å². The van der Waals surface area contributed by atoms with Gasteiger partial charge < -0.3 is 19.9 Å². The van der Waals surface area contributed by atoms with Crippen LogP contribution in [0.2, 0.25) is 0 Å². The number of anilines is 1. The Labute approximate surface area is 119 Å². The van der Waals surface area contributed by atoms with Gasteiger partial charge in [-0.2, -0.15) is 0 Å². The molecule has 1 aliphatic rings. The van der Waals surface area contributed by atoms with Crippen molar-refractivity contribution in [2.24, 2.45) is 0 Å². The van der Waals surface area contributed by atoms with E-state index >= 15 is 0 Å². The third-order valence-corrected chi connectivity index (χ3v) is 3.15. The van der Waals surface area contributed by atoms with E-state index in [2.05, 4.69) is 5.32 Å². The van der Waals surface area contributed by atoms with E-state index in [-0.39, 0.29) is 24.8 Å². The van der Waals surface area contributed by atoms with E-state index in [1.54, 1.807) is 24.3 Å². The molecular weight excluding hydrogens is 276 g/mol. The summed E-state index contributed by atoms with van der Waals surface area (Å²) in [5.41, 5.74) is 0.853. The minimum Gasteiger partial charge on any atom is -0.508 e. The molecule has 7 nitrogen and oxygen atoms in total. The maximum Gasteiger partial charge on any atom is 0.296 e. The van der Waals surface area contributed by atoms with Crippen molar-refractivity contribution in [3.63, 3.8) is 0 Å². The molecule has 1 heterocycles. The molecule has 2 N–H and O–H groups in total. The Hall–Kier alpha value is -2.96. The quantitative estimate of drug-likeness (QED) is 0.663. The number of phenolic OH excluding ortho intramolecular Hbond substituents is 1. The summed E-state index contributed by atoms with van der Waals surface area (Å²) in [7, 11) is 0. The Morgan fingerprint density at radius 2 is 1.95 bits per heavy atom. The first kappa shape index (κ1) is 13.0. The Kier molecular flexibility index (Phi) is 3.23. The summed E-state index contributed by atoms with van der Waals surface area (Å²) in [6.45, 7) is 0.308. The van der Waals surface area contributed by atoms with E-state index in [1.807, 2.05) is 0 Å². The fourth-order valence-corrected chi connectivity index (χ4v) is 2.07. The van der Waals surface area contributed by atoms with Crippen molar-refractivity contribution in [3.05, 3.63) is 52.1 Å². The van der Waals surface area contributed by atoms with Crippen molar-refractivity contribution in [3.8, 4) is 17.2 Å². The largest absolute Gasteiger partial charge is 0.508 e. The summed E-state index contributed by atoms with van der Waals surface area (Å²) >= 11 is 0. The number of nitrogens with one attached hydrogen (secondary N) is 1. The summed E-state index contributed by atoms with van der Waals surface area (Å²) in [5, 5.41) is 23.8. The van der Waals surface area contributed by atoms with Crippen molar-refractivity contribution in [1.29, 1.82) is 0 Å². The van der Waals surface area contributed by atoms with Crippen molar-refractivity contribution in [1.82, 2.24) is 0 Å². The van der Waals surface area contributed by atoms with E-state index in [9.17, 15) is 15.2 Å². The second-order valence-corrected chi connectivity index (χ2v) is 4.46. The molecule has 2 aromatic carbocycles. The van der Waals surface area contributed by atoms with Gasteiger partial charge in [-0.3, -0.25) is 10.1 Å². The number of nitrogens with zero attached hydrogens (tertiary/aromatic N) is 1. The molecule has 0 atom stereocenters. The molecule has 0 bridgehead atoms. The number of ether oxygens (including phenoxy) is 2. The minimum absolute atomic E-state index is 0.0510. The van der Waals surface area contributed by atoms with Crippen molar-refractivity contribution in [2.75, 3.05) is 12.1 Å². The normalized spacial score (nSPS) is 12.2. The van der Waals surface area contributed by atoms with E-state index in [1.165, 1.54) is 12.1 Å². The highest BCUT2D eigenvalue weighted by molar-refractivity contribution is 5.69. The monoisotopic (exact) mass is 288 g/mol. The first-order valence-corrected chi connectivity index (χ1v) is 6.24. The molecule has 0 aromatic heterocycles. The first-order chi connectivity index (χ1) is 10.1. The maximum atomic E-state index is 11.1. The fraction of sp³-hybridized carbons (Fsp3) is 0.143. The van der Waals surface area contributed by atoms with Gasteiger partial charge in [-0.25, -0.2) is 0 Å². The lowest BCUT2D eigenvalue weighted by Crippen LogP contribution is -2.03. The lowest BCUT2D eigenvalue weighted by atomic mass is 10.2. The van der Waals surface area contributed by atoms with Crippen molar-refractivity contribution >= 4 is 11.4 Å². The molecule has 0 fully saturated rings. The zero-order valence-corrected chi connectivity index (χ0v) is 10.9. The molecule has 0 aliphatic carbocycles. The Bertz CT molecular complexity index is 702. The highest BCUT2D eigenvalue weighted by Gasteiger charge is 2.23. The number of hydrogen-bond donors (Lipinski definition) is 2. The van der Waals surface area contributed by atoms with Gasteiger partial charge in [0.15, 0.2) is 11.5 Å². The Morgan fingerprint density at radius 1 is 1.24 bits per heavy atom. The second-order valence-electron chi connectivity index (χ2n) is 4.46. The molecule has 2 aromatic rings. The number of hydrogen-bond acceptors (Lipinski definition) is 6. The van der Waals surface area contributed by atoms with Gasteiger partial charge in [0.1, 0.15) is 11.4 Å². The van der Waals surface area contributed by atoms with Crippen LogP contribution in [0, 0.1) is 10.1 Å². The van der Waals surface area contributed by atoms with Gasteiger partial charge in [0.25, 0.3) is 5.69 Å². The summed E-state index contributed by atoms with van der Waals surface area (Å²) < 4.78 is 10.3. The van der Waals surface area contributed by atoms with Gasteiger partial charge in [-0.1, -0.05) is 18.2 Å². The zero-order valence-electron chi connectivity index (χ0n) is 10.9. The number of phenols is 1. The van der Waals surface area contributed by atoms with Gasteiger partial charge in [0, 0.05) is 18.2 Å². The molecule has 0 radical (unpaired) electrons. The molecule has 3 rings (SSSR count). The molecular formula is C14H12N2O5. The van der Waals surface area contributed by atoms with Crippen LogP contribution in [0.4, 0.5) is 11.4 Å².